The number of sulfone groups is 1. The molecule has 10 heteroatoms. The van der Waals surface area contributed by atoms with Crippen LogP contribution < -0.4 is 14.8 Å². The molecule has 2 aromatic carbocycles. The number of amides is 1. The van der Waals surface area contributed by atoms with E-state index in [-0.39, 0.29) is 11.0 Å². The van der Waals surface area contributed by atoms with Crippen LogP contribution in [0.5, 0.6) is 17.2 Å². The molecular formula is C21H23N3O6S. The smallest absolute Gasteiger partial charge is 0.257 e. The molecule has 0 radical (unpaired) electrons. The predicted molar refractivity (Wildman–Crippen MR) is 115 cm³/mol. The number of nitrogens with zero attached hydrogens (tertiary/aromatic N) is 1. The number of ether oxygens (including phenoxy) is 3. The number of hydrogen-bond acceptors (Lipinski definition) is 7. The third-order valence-corrected chi connectivity index (χ3v) is 5.24. The summed E-state index contributed by atoms with van der Waals surface area (Å²) < 4.78 is 40.0. The van der Waals surface area contributed by atoms with Crippen LogP contribution in [0.25, 0.3) is 0 Å². The number of aromatic amines is 1. The Balaban J connectivity index is 1.87. The van der Waals surface area contributed by atoms with Crippen LogP contribution in [0.15, 0.2) is 59.6 Å². The molecule has 0 saturated carbocycles. The molecule has 3 aromatic rings. The summed E-state index contributed by atoms with van der Waals surface area (Å²) >= 11 is 0. The monoisotopic (exact) mass is 445 g/mol. The topological polar surface area (TPSA) is 120 Å². The summed E-state index contributed by atoms with van der Waals surface area (Å²) in [5.74, 6) is 1.16. The maximum atomic E-state index is 12.7. The molecule has 164 valence electrons. The molecule has 3 rings (SSSR count). The van der Waals surface area contributed by atoms with Crippen molar-refractivity contribution in [2.45, 2.75) is 17.9 Å². The third kappa shape index (κ3) is 6.30. The molecule has 1 atom stereocenters. The summed E-state index contributed by atoms with van der Waals surface area (Å²) in [7, 11) is -1.74. The molecule has 1 aromatic heterocycles. The number of rotatable bonds is 9. The third-order valence-electron chi connectivity index (χ3n) is 4.11. The first-order valence-corrected chi connectivity index (χ1v) is 11.2. The highest BCUT2D eigenvalue weighted by molar-refractivity contribution is 7.90. The van der Waals surface area contributed by atoms with Crippen molar-refractivity contribution in [2.75, 3.05) is 25.3 Å². The number of carbonyl (C=O) groups excluding carboxylic acids is 1. The van der Waals surface area contributed by atoms with E-state index in [9.17, 15) is 13.2 Å². The molecule has 1 heterocycles. The van der Waals surface area contributed by atoms with E-state index in [0.717, 1.165) is 6.26 Å². The molecule has 0 spiro atoms. The lowest BCUT2D eigenvalue weighted by molar-refractivity contribution is 0.0915. The van der Waals surface area contributed by atoms with Crippen LogP contribution in [0.3, 0.4) is 0 Å². The number of benzene rings is 2. The van der Waals surface area contributed by atoms with E-state index < -0.39 is 15.7 Å². The fourth-order valence-electron chi connectivity index (χ4n) is 2.74. The number of methoxy groups -OCH3 is 1. The lowest BCUT2D eigenvalue weighted by Gasteiger charge is -2.16. The summed E-state index contributed by atoms with van der Waals surface area (Å²) in [6, 6.07) is 12.4. The first kappa shape index (κ1) is 22.3. The van der Waals surface area contributed by atoms with Gasteiger partial charge in [-0.3, -0.25) is 9.89 Å². The summed E-state index contributed by atoms with van der Waals surface area (Å²) in [5, 5.41) is 9.21. The number of carbonyl (C=O) groups is 1. The van der Waals surface area contributed by atoms with E-state index in [1.165, 1.54) is 12.1 Å². The van der Waals surface area contributed by atoms with E-state index in [4.69, 9.17) is 14.2 Å². The van der Waals surface area contributed by atoms with E-state index in [1.807, 2.05) is 6.92 Å². The van der Waals surface area contributed by atoms with Crippen LogP contribution in [-0.4, -0.2) is 50.6 Å². The lowest BCUT2D eigenvalue weighted by Crippen LogP contribution is -2.18. The molecule has 31 heavy (non-hydrogen) atoms. The molecule has 9 nitrogen and oxygen atoms in total. The largest absolute Gasteiger partial charge is 0.488 e. The normalized spacial score (nSPS) is 12.2. The highest BCUT2D eigenvalue weighted by Crippen LogP contribution is 2.29. The first-order valence-electron chi connectivity index (χ1n) is 9.34. The van der Waals surface area contributed by atoms with Crippen LogP contribution in [-0.2, 0) is 14.6 Å². The maximum Gasteiger partial charge on any atom is 0.257 e. The minimum atomic E-state index is -3.31. The van der Waals surface area contributed by atoms with Gasteiger partial charge in [-0.1, -0.05) is 0 Å². The summed E-state index contributed by atoms with van der Waals surface area (Å²) in [6.45, 7) is 2.21. The zero-order valence-corrected chi connectivity index (χ0v) is 18.1. The molecule has 0 aliphatic rings. The zero-order chi connectivity index (χ0) is 22.4. The van der Waals surface area contributed by atoms with Gasteiger partial charge in [0.2, 0.25) is 0 Å². The van der Waals surface area contributed by atoms with E-state index >= 15 is 0 Å². The van der Waals surface area contributed by atoms with Crippen LogP contribution in [0, 0.1) is 0 Å². The number of hydrogen-bond donors (Lipinski definition) is 2. The Morgan fingerprint density at radius 3 is 2.42 bits per heavy atom. The molecule has 0 aliphatic carbocycles. The number of H-pyrrole nitrogens is 1. The quantitative estimate of drug-likeness (QED) is 0.519. The Bertz CT molecular complexity index is 1130. The molecule has 0 fully saturated rings. The summed E-state index contributed by atoms with van der Waals surface area (Å²) in [6.07, 6.45) is 2.47. The summed E-state index contributed by atoms with van der Waals surface area (Å²) in [4.78, 5) is 12.9. The van der Waals surface area contributed by atoms with Crippen LogP contribution >= 0.6 is 0 Å². The lowest BCUT2D eigenvalue weighted by atomic mass is 10.2. The fraction of sp³-hybridized carbons (Fsp3) is 0.238. The summed E-state index contributed by atoms with van der Waals surface area (Å²) in [5.41, 5.74) is 0.299. The number of nitrogens with one attached hydrogen (secondary N) is 2. The second-order valence-corrected chi connectivity index (χ2v) is 8.85. The van der Waals surface area contributed by atoms with Crippen LogP contribution in [0.2, 0.25) is 0 Å². The second kappa shape index (κ2) is 9.63. The Morgan fingerprint density at radius 2 is 1.81 bits per heavy atom. The highest BCUT2D eigenvalue weighted by atomic mass is 32.2. The van der Waals surface area contributed by atoms with Gasteiger partial charge in [0.05, 0.1) is 11.5 Å². The fourth-order valence-corrected chi connectivity index (χ4v) is 3.37. The van der Waals surface area contributed by atoms with E-state index in [1.54, 1.807) is 49.7 Å². The van der Waals surface area contributed by atoms with Crippen molar-refractivity contribution in [3.05, 3.63) is 60.3 Å². The van der Waals surface area contributed by atoms with E-state index in [2.05, 4.69) is 15.5 Å². The molecule has 2 N–H and O–H groups in total. The second-order valence-electron chi connectivity index (χ2n) is 6.84. The van der Waals surface area contributed by atoms with Gasteiger partial charge in [0.15, 0.2) is 15.7 Å². The first-order chi connectivity index (χ1) is 14.7. The van der Waals surface area contributed by atoms with Crippen molar-refractivity contribution >= 4 is 21.6 Å². The molecule has 0 saturated heterocycles. The van der Waals surface area contributed by atoms with Gasteiger partial charge in [0.1, 0.15) is 23.4 Å². The average Bonchev–Trinajstić information content (AvgIpc) is 3.20. The number of aromatic nitrogens is 2. The van der Waals surface area contributed by atoms with Crippen molar-refractivity contribution in [2.24, 2.45) is 0 Å². The predicted octanol–water partition coefficient (Wildman–Crippen LogP) is 3.27. The van der Waals surface area contributed by atoms with Crippen LogP contribution in [0.4, 0.5) is 5.82 Å². The SMILES string of the molecule is COCC(C)Oc1cc(Oc2ccc(S(C)(=O)=O)cc2)cc(C(=O)Nc2cc[nH]n2)c1. The van der Waals surface area contributed by atoms with E-state index in [0.29, 0.717) is 35.2 Å². The van der Waals surface area contributed by atoms with Gasteiger partial charge >= 0.3 is 0 Å². The van der Waals surface area contributed by atoms with Crippen LogP contribution in [0.1, 0.15) is 17.3 Å². The van der Waals surface area contributed by atoms with Gasteiger partial charge in [-0.25, -0.2) is 8.42 Å². The van der Waals surface area contributed by atoms with Crippen molar-refractivity contribution < 1.29 is 27.4 Å². The Labute approximate surface area is 180 Å². The number of anilines is 1. The van der Waals surface area contributed by atoms with Gasteiger partial charge in [0, 0.05) is 37.3 Å². The van der Waals surface area contributed by atoms with Crippen molar-refractivity contribution in [1.29, 1.82) is 0 Å². The highest BCUT2D eigenvalue weighted by Gasteiger charge is 2.14. The van der Waals surface area contributed by atoms with Gasteiger partial charge in [-0.15, -0.1) is 0 Å². The minimum absolute atomic E-state index is 0.185. The van der Waals surface area contributed by atoms with Gasteiger partial charge < -0.3 is 19.5 Å². The average molecular weight is 445 g/mol. The molecule has 1 amide bonds. The van der Waals surface area contributed by atoms with Gasteiger partial charge in [-0.2, -0.15) is 5.10 Å². The Morgan fingerprint density at radius 1 is 1.10 bits per heavy atom. The van der Waals surface area contributed by atoms with Gasteiger partial charge in [0.25, 0.3) is 5.91 Å². The standard InChI is InChI=1S/C21H23N3O6S/c1-14(13-28-2)29-17-10-15(21(25)23-20-8-9-22-24-20)11-18(12-17)30-16-4-6-19(7-5-16)31(3,26)27/h4-12,14H,13H2,1-3H3,(H2,22,23,24,25). The Kier molecular flexibility index (Phi) is 6.93. The van der Waals surface area contributed by atoms with Gasteiger partial charge in [-0.05, 0) is 43.3 Å². The molecular weight excluding hydrogens is 422 g/mol. The van der Waals surface area contributed by atoms with Crippen molar-refractivity contribution in [3.63, 3.8) is 0 Å². The zero-order valence-electron chi connectivity index (χ0n) is 17.3. The van der Waals surface area contributed by atoms with Crippen molar-refractivity contribution in [3.8, 4) is 17.2 Å². The minimum Gasteiger partial charge on any atom is -0.488 e. The maximum absolute atomic E-state index is 12.7. The molecule has 0 bridgehead atoms. The van der Waals surface area contributed by atoms with Crippen molar-refractivity contribution in [1.82, 2.24) is 10.2 Å². The Hall–Kier alpha value is -3.37. The molecule has 1 unspecified atom stereocenters. The molecule has 0 aliphatic heterocycles.